The van der Waals surface area contributed by atoms with Crippen molar-refractivity contribution in [3.8, 4) is 6.07 Å². The van der Waals surface area contributed by atoms with Crippen LogP contribution in [0, 0.1) is 18.3 Å². The van der Waals surface area contributed by atoms with E-state index in [1.807, 2.05) is 12.1 Å². The van der Waals surface area contributed by atoms with Crippen LogP contribution in [0.25, 0.3) is 0 Å². The largest absolute Gasteiger partial charge is 0.462 e. The predicted octanol–water partition coefficient (Wildman–Crippen LogP) is 4.96. The quantitative estimate of drug-likeness (QED) is 0.246. The molecule has 1 aromatic heterocycles. The Morgan fingerprint density at radius 1 is 1.30 bits per heavy atom. The maximum Gasteiger partial charge on any atom is 0.340 e. The second-order valence-electron chi connectivity index (χ2n) is 5.69. The van der Waals surface area contributed by atoms with Gasteiger partial charge in [-0.05, 0) is 44.2 Å². The van der Waals surface area contributed by atoms with E-state index in [1.165, 1.54) is 17.8 Å². The van der Waals surface area contributed by atoms with Gasteiger partial charge in [0.05, 0.1) is 23.4 Å². The number of benzene rings is 1. The number of carbonyl (C=O) groups excluding carboxylic acids is 2. The van der Waals surface area contributed by atoms with Crippen LogP contribution in [0.15, 0.2) is 39.8 Å². The number of ether oxygens (including phenoxy) is 1. The maximum absolute atomic E-state index is 12.2. The van der Waals surface area contributed by atoms with Gasteiger partial charge >= 0.3 is 5.97 Å². The molecule has 2 aromatic rings. The molecule has 0 saturated carbocycles. The molecule has 0 aliphatic carbocycles. The van der Waals surface area contributed by atoms with Gasteiger partial charge in [-0.3, -0.25) is 4.79 Å². The summed E-state index contributed by atoms with van der Waals surface area (Å²) in [6.45, 7) is 3.71. The van der Waals surface area contributed by atoms with E-state index in [1.54, 1.807) is 26.0 Å². The Labute approximate surface area is 171 Å². The van der Waals surface area contributed by atoms with Gasteiger partial charge in [0.15, 0.2) is 5.78 Å². The Balaban J connectivity index is 1.96. The van der Waals surface area contributed by atoms with Crippen LogP contribution in [0.3, 0.4) is 0 Å². The molecule has 7 heteroatoms. The molecule has 0 radical (unpaired) electrons. The summed E-state index contributed by atoms with van der Waals surface area (Å²) in [6.07, 6.45) is 1.10. The first-order valence-corrected chi connectivity index (χ1v) is 10.2. The van der Waals surface area contributed by atoms with Crippen LogP contribution in [0.4, 0.5) is 0 Å². The maximum atomic E-state index is 12.2. The minimum Gasteiger partial charge on any atom is -0.462 e. The Kier molecular flexibility index (Phi) is 8.01. The number of rotatable bonds is 8. The Morgan fingerprint density at radius 2 is 2.00 bits per heavy atom. The monoisotopic (exact) mass is 446 g/mol. The van der Waals surface area contributed by atoms with Crippen molar-refractivity contribution in [1.82, 2.24) is 4.98 Å². The molecule has 0 spiro atoms. The van der Waals surface area contributed by atoms with Crippen LogP contribution in [0.5, 0.6) is 0 Å². The van der Waals surface area contributed by atoms with Crippen molar-refractivity contribution in [3.63, 3.8) is 0 Å². The SMILES string of the molecule is CCOC(=O)c1cc(C#N)c(SCCCC(=O)c2ccc(Br)cc2)nc1C. The van der Waals surface area contributed by atoms with Crippen LogP contribution >= 0.6 is 27.7 Å². The van der Waals surface area contributed by atoms with Gasteiger partial charge in [0.1, 0.15) is 11.1 Å². The van der Waals surface area contributed by atoms with Gasteiger partial charge in [-0.25, -0.2) is 9.78 Å². The smallest absolute Gasteiger partial charge is 0.340 e. The number of nitrogens with zero attached hydrogens (tertiary/aromatic N) is 2. The van der Waals surface area contributed by atoms with Gasteiger partial charge in [0, 0.05) is 16.5 Å². The normalized spacial score (nSPS) is 10.3. The summed E-state index contributed by atoms with van der Waals surface area (Å²) in [4.78, 5) is 28.5. The summed E-state index contributed by atoms with van der Waals surface area (Å²) in [5.41, 5.74) is 1.87. The molecule has 0 N–H and O–H groups in total. The van der Waals surface area contributed by atoms with Gasteiger partial charge < -0.3 is 4.74 Å². The lowest BCUT2D eigenvalue weighted by molar-refractivity contribution is 0.0524. The van der Waals surface area contributed by atoms with E-state index in [0.29, 0.717) is 46.0 Å². The first-order chi connectivity index (χ1) is 13.0. The highest BCUT2D eigenvalue weighted by molar-refractivity contribution is 9.10. The van der Waals surface area contributed by atoms with Gasteiger partial charge in [0.2, 0.25) is 0 Å². The highest BCUT2D eigenvalue weighted by atomic mass is 79.9. The van der Waals surface area contributed by atoms with Crippen molar-refractivity contribution in [1.29, 1.82) is 5.26 Å². The highest BCUT2D eigenvalue weighted by Gasteiger charge is 2.16. The molecule has 5 nitrogen and oxygen atoms in total. The zero-order chi connectivity index (χ0) is 19.8. The van der Waals surface area contributed by atoms with Crippen LogP contribution in [0.2, 0.25) is 0 Å². The fourth-order valence-electron chi connectivity index (χ4n) is 2.37. The van der Waals surface area contributed by atoms with Crippen LogP contribution in [-0.4, -0.2) is 29.1 Å². The van der Waals surface area contributed by atoms with Crippen LogP contribution in [-0.2, 0) is 4.74 Å². The van der Waals surface area contributed by atoms with E-state index in [9.17, 15) is 14.9 Å². The molecule has 27 heavy (non-hydrogen) atoms. The summed E-state index contributed by atoms with van der Waals surface area (Å²) in [5.74, 6) is 0.267. The molecule has 0 fully saturated rings. The molecular weight excluding hydrogens is 428 g/mol. The number of pyridine rings is 1. The summed E-state index contributed by atoms with van der Waals surface area (Å²) >= 11 is 4.76. The summed E-state index contributed by atoms with van der Waals surface area (Å²) in [6, 6.07) is 10.9. The molecule has 140 valence electrons. The lowest BCUT2D eigenvalue weighted by atomic mass is 10.1. The zero-order valence-corrected chi connectivity index (χ0v) is 17.5. The average Bonchev–Trinajstić information content (AvgIpc) is 2.65. The lowest BCUT2D eigenvalue weighted by Gasteiger charge is -2.09. The molecular formula is C20H19BrN2O3S. The number of ketones is 1. The van der Waals surface area contributed by atoms with Crippen LogP contribution < -0.4 is 0 Å². The van der Waals surface area contributed by atoms with Crippen molar-refractivity contribution in [2.45, 2.75) is 31.7 Å². The van der Waals surface area contributed by atoms with Gasteiger partial charge in [-0.15, -0.1) is 11.8 Å². The molecule has 0 amide bonds. The third-order valence-corrected chi connectivity index (χ3v) is 5.35. The minimum absolute atomic E-state index is 0.0883. The first-order valence-electron chi connectivity index (χ1n) is 8.46. The zero-order valence-electron chi connectivity index (χ0n) is 15.1. The van der Waals surface area contributed by atoms with Gasteiger partial charge in [0.25, 0.3) is 0 Å². The Bertz CT molecular complexity index is 876. The molecule has 2 rings (SSSR count). The first kappa shape index (κ1) is 21.1. The molecule has 0 aliphatic rings. The highest BCUT2D eigenvalue weighted by Crippen LogP contribution is 2.24. The lowest BCUT2D eigenvalue weighted by Crippen LogP contribution is -2.09. The molecule has 1 heterocycles. The molecule has 0 atom stereocenters. The second-order valence-corrected chi connectivity index (χ2v) is 7.69. The minimum atomic E-state index is -0.476. The van der Waals surface area contributed by atoms with E-state index in [2.05, 4.69) is 27.0 Å². The number of aryl methyl sites for hydroxylation is 1. The van der Waals surface area contributed by atoms with Crippen molar-refractivity contribution >= 4 is 39.4 Å². The van der Waals surface area contributed by atoms with E-state index < -0.39 is 5.97 Å². The van der Waals surface area contributed by atoms with Gasteiger partial charge in [-0.2, -0.15) is 5.26 Å². The number of hydrogen-bond acceptors (Lipinski definition) is 6. The number of carbonyl (C=O) groups is 2. The number of aromatic nitrogens is 1. The number of halogens is 1. The summed E-state index contributed by atoms with van der Waals surface area (Å²) < 4.78 is 5.92. The third-order valence-electron chi connectivity index (χ3n) is 3.75. The van der Waals surface area contributed by atoms with E-state index in [-0.39, 0.29) is 12.4 Å². The van der Waals surface area contributed by atoms with E-state index >= 15 is 0 Å². The average molecular weight is 447 g/mol. The molecule has 0 aliphatic heterocycles. The second kappa shape index (κ2) is 10.2. The van der Waals surface area contributed by atoms with Crippen molar-refractivity contribution in [2.24, 2.45) is 0 Å². The van der Waals surface area contributed by atoms with Crippen LogP contribution in [0.1, 0.15) is 51.7 Å². The van der Waals surface area contributed by atoms with Crippen molar-refractivity contribution in [2.75, 3.05) is 12.4 Å². The third kappa shape index (κ3) is 5.91. The summed E-state index contributed by atoms with van der Waals surface area (Å²) in [5, 5.41) is 9.92. The Hall–Kier alpha value is -2.17. The number of Topliss-reactive ketones (excluding diaryl/α,β-unsaturated/α-hetero) is 1. The molecule has 0 bridgehead atoms. The number of thioether (sulfide) groups is 1. The fraction of sp³-hybridized carbons (Fsp3) is 0.300. The topological polar surface area (TPSA) is 80.0 Å². The number of nitriles is 1. The Morgan fingerprint density at radius 3 is 2.63 bits per heavy atom. The standard InChI is InChI=1S/C20H19BrN2O3S/c1-3-26-20(25)17-11-15(12-22)19(23-13(17)2)27-10-4-5-18(24)14-6-8-16(21)9-7-14/h6-9,11H,3-5,10H2,1-2H3. The van der Waals surface area contributed by atoms with E-state index in [4.69, 9.17) is 4.74 Å². The van der Waals surface area contributed by atoms with Crippen molar-refractivity contribution in [3.05, 3.63) is 57.2 Å². The molecule has 1 aromatic carbocycles. The summed E-state index contributed by atoms with van der Waals surface area (Å²) in [7, 11) is 0. The van der Waals surface area contributed by atoms with Gasteiger partial charge in [-0.1, -0.05) is 28.1 Å². The predicted molar refractivity (Wildman–Crippen MR) is 108 cm³/mol. The molecule has 0 saturated heterocycles. The fourth-order valence-corrected chi connectivity index (χ4v) is 3.58. The molecule has 0 unspecified atom stereocenters. The number of esters is 1. The van der Waals surface area contributed by atoms with Crippen molar-refractivity contribution < 1.29 is 14.3 Å². The number of hydrogen-bond donors (Lipinski definition) is 0. The van der Waals surface area contributed by atoms with E-state index in [0.717, 1.165) is 4.47 Å².